The van der Waals surface area contributed by atoms with Crippen LogP contribution in [0.3, 0.4) is 0 Å². The molecule has 1 aliphatic heterocycles. The maximum Gasteiger partial charge on any atom is 0.235 e. The Morgan fingerprint density at radius 1 is 1.25 bits per heavy atom. The van der Waals surface area contributed by atoms with Crippen LogP contribution in [0.2, 0.25) is 0 Å². The third-order valence-electron chi connectivity index (χ3n) is 3.48. The fraction of sp³-hybridized carbons (Fsp3) is 0.500. The van der Waals surface area contributed by atoms with E-state index in [4.69, 9.17) is 5.73 Å². The predicted octanol–water partition coefficient (Wildman–Crippen LogP) is 0.896. The summed E-state index contributed by atoms with van der Waals surface area (Å²) in [5.74, 6) is -0.150. The summed E-state index contributed by atoms with van der Waals surface area (Å²) in [7, 11) is -6.66. The van der Waals surface area contributed by atoms with Crippen LogP contribution in [0.4, 0.5) is 11.4 Å². The van der Waals surface area contributed by atoms with Gasteiger partial charge >= 0.3 is 0 Å². The van der Waals surface area contributed by atoms with Gasteiger partial charge in [0.15, 0.2) is 0 Å². The minimum absolute atomic E-state index is 0.0748. The second kappa shape index (κ2) is 5.25. The van der Waals surface area contributed by atoms with Crippen molar-refractivity contribution in [3.05, 3.63) is 23.8 Å². The van der Waals surface area contributed by atoms with Crippen LogP contribution in [0, 0.1) is 6.92 Å². The number of sulfonamides is 1. The average molecular weight is 318 g/mol. The van der Waals surface area contributed by atoms with Gasteiger partial charge in [0, 0.05) is 5.69 Å². The minimum Gasteiger partial charge on any atom is -0.398 e. The number of benzene rings is 1. The van der Waals surface area contributed by atoms with Gasteiger partial charge in [-0.2, -0.15) is 0 Å². The lowest BCUT2D eigenvalue weighted by molar-refractivity contribution is 0.555. The van der Waals surface area contributed by atoms with Crippen LogP contribution in [0.25, 0.3) is 0 Å². The zero-order valence-corrected chi connectivity index (χ0v) is 12.8. The molecule has 1 aliphatic rings. The summed E-state index contributed by atoms with van der Waals surface area (Å²) >= 11 is 0. The van der Waals surface area contributed by atoms with E-state index in [0.29, 0.717) is 11.4 Å². The zero-order chi connectivity index (χ0) is 15.0. The van der Waals surface area contributed by atoms with Crippen LogP contribution in [0.15, 0.2) is 18.2 Å². The lowest BCUT2D eigenvalue weighted by atomic mass is 10.2. The number of aryl methyl sites for hydroxylation is 1. The van der Waals surface area contributed by atoms with E-state index in [9.17, 15) is 16.8 Å². The normalized spacial score (nSPS) is 19.6. The molecule has 8 heteroatoms. The van der Waals surface area contributed by atoms with Crippen LogP contribution in [-0.2, 0) is 19.9 Å². The first-order chi connectivity index (χ1) is 9.20. The van der Waals surface area contributed by atoms with E-state index >= 15 is 0 Å². The standard InChI is InChI=1S/C12H18N2O4S2/c1-9-2-3-10(8-12(9)13)14-20(17,18)11-4-6-19(15,16)7-5-11/h2-3,8,11,14H,4-7,13H2,1H3. The number of sulfone groups is 1. The molecule has 1 aromatic rings. The van der Waals surface area contributed by atoms with Gasteiger partial charge in [0.1, 0.15) is 9.84 Å². The summed E-state index contributed by atoms with van der Waals surface area (Å²) in [4.78, 5) is 0. The molecule has 0 saturated carbocycles. The molecule has 112 valence electrons. The number of anilines is 2. The summed E-state index contributed by atoms with van der Waals surface area (Å²) in [5, 5.41) is -0.673. The molecule has 1 aromatic carbocycles. The summed E-state index contributed by atoms with van der Waals surface area (Å²) in [6.45, 7) is 1.83. The molecule has 0 amide bonds. The Kier molecular flexibility index (Phi) is 3.97. The van der Waals surface area contributed by atoms with Crippen molar-refractivity contribution in [3.63, 3.8) is 0 Å². The molecule has 2 rings (SSSR count). The van der Waals surface area contributed by atoms with E-state index in [-0.39, 0.29) is 24.3 Å². The van der Waals surface area contributed by atoms with Gasteiger partial charge in [0.25, 0.3) is 0 Å². The van der Waals surface area contributed by atoms with Crippen molar-refractivity contribution in [2.24, 2.45) is 0 Å². The van der Waals surface area contributed by atoms with Gasteiger partial charge in [0.05, 0.1) is 22.4 Å². The first-order valence-electron chi connectivity index (χ1n) is 6.28. The van der Waals surface area contributed by atoms with Crippen LogP contribution < -0.4 is 10.5 Å². The molecule has 0 unspecified atom stereocenters. The van der Waals surface area contributed by atoms with Gasteiger partial charge in [-0.25, -0.2) is 16.8 Å². The van der Waals surface area contributed by atoms with Crippen LogP contribution in [0.5, 0.6) is 0 Å². The van der Waals surface area contributed by atoms with Gasteiger partial charge in [-0.1, -0.05) is 6.07 Å². The summed E-state index contributed by atoms with van der Waals surface area (Å²) in [6, 6.07) is 4.94. The Hall–Kier alpha value is -1.28. The maximum atomic E-state index is 12.2. The van der Waals surface area contributed by atoms with Gasteiger partial charge in [0.2, 0.25) is 10.0 Å². The van der Waals surface area contributed by atoms with E-state index < -0.39 is 25.1 Å². The molecule has 0 bridgehead atoms. The Morgan fingerprint density at radius 2 is 1.85 bits per heavy atom. The van der Waals surface area contributed by atoms with E-state index in [1.54, 1.807) is 18.2 Å². The second-order valence-electron chi connectivity index (χ2n) is 5.07. The molecule has 20 heavy (non-hydrogen) atoms. The Morgan fingerprint density at radius 3 is 2.40 bits per heavy atom. The third kappa shape index (κ3) is 3.43. The maximum absolute atomic E-state index is 12.2. The highest BCUT2D eigenvalue weighted by atomic mass is 32.2. The van der Waals surface area contributed by atoms with Crippen molar-refractivity contribution >= 4 is 31.2 Å². The summed E-state index contributed by atoms with van der Waals surface area (Å²) < 4.78 is 49.6. The summed E-state index contributed by atoms with van der Waals surface area (Å²) in [5.41, 5.74) is 7.53. The van der Waals surface area contributed by atoms with Gasteiger partial charge < -0.3 is 5.73 Å². The summed E-state index contributed by atoms with van der Waals surface area (Å²) in [6.07, 6.45) is 0.276. The second-order valence-corrected chi connectivity index (χ2v) is 9.33. The van der Waals surface area contributed by atoms with Crippen molar-refractivity contribution in [3.8, 4) is 0 Å². The highest BCUT2D eigenvalue weighted by Crippen LogP contribution is 2.23. The molecular formula is C12H18N2O4S2. The van der Waals surface area contributed by atoms with Crippen LogP contribution in [-0.4, -0.2) is 33.6 Å². The molecule has 0 atom stereocenters. The number of hydrogen-bond acceptors (Lipinski definition) is 5. The monoisotopic (exact) mass is 318 g/mol. The molecule has 3 N–H and O–H groups in total. The number of nitrogens with one attached hydrogen (secondary N) is 1. The number of nitrogens with two attached hydrogens (primary N) is 1. The Balaban J connectivity index is 2.13. The quantitative estimate of drug-likeness (QED) is 0.805. The largest absolute Gasteiger partial charge is 0.398 e. The van der Waals surface area contributed by atoms with Gasteiger partial charge in [-0.05, 0) is 37.5 Å². The fourth-order valence-corrected chi connectivity index (χ4v) is 5.40. The topological polar surface area (TPSA) is 106 Å². The van der Waals surface area contributed by atoms with E-state index in [2.05, 4.69) is 4.72 Å². The van der Waals surface area contributed by atoms with Crippen molar-refractivity contribution in [1.82, 2.24) is 0 Å². The van der Waals surface area contributed by atoms with Crippen LogP contribution in [0.1, 0.15) is 18.4 Å². The molecule has 0 radical (unpaired) electrons. The van der Waals surface area contributed by atoms with Gasteiger partial charge in [-0.3, -0.25) is 4.72 Å². The minimum atomic E-state index is -3.59. The van der Waals surface area contributed by atoms with Crippen molar-refractivity contribution in [2.75, 3.05) is 22.0 Å². The van der Waals surface area contributed by atoms with Crippen molar-refractivity contribution in [1.29, 1.82) is 0 Å². The molecule has 6 nitrogen and oxygen atoms in total. The van der Waals surface area contributed by atoms with Crippen LogP contribution >= 0.6 is 0 Å². The lowest BCUT2D eigenvalue weighted by Crippen LogP contribution is -2.36. The SMILES string of the molecule is Cc1ccc(NS(=O)(=O)C2CCS(=O)(=O)CC2)cc1N. The van der Waals surface area contributed by atoms with E-state index in [1.807, 2.05) is 6.92 Å². The van der Waals surface area contributed by atoms with Crippen molar-refractivity contribution in [2.45, 2.75) is 25.0 Å². The zero-order valence-electron chi connectivity index (χ0n) is 11.2. The highest BCUT2D eigenvalue weighted by molar-refractivity contribution is 7.94. The molecule has 0 aliphatic carbocycles. The van der Waals surface area contributed by atoms with E-state index in [0.717, 1.165) is 5.56 Å². The third-order valence-corrected chi connectivity index (χ3v) is 7.06. The molecule has 1 heterocycles. The molecule has 1 fully saturated rings. The molecule has 0 spiro atoms. The molecule has 0 aromatic heterocycles. The number of rotatable bonds is 3. The highest BCUT2D eigenvalue weighted by Gasteiger charge is 2.32. The molecule has 1 saturated heterocycles. The number of hydrogen-bond donors (Lipinski definition) is 2. The average Bonchev–Trinajstić information content (AvgIpc) is 2.33. The van der Waals surface area contributed by atoms with E-state index in [1.165, 1.54) is 0 Å². The Labute approximate surface area is 119 Å². The lowest BCUT2D eigenvalue weighted by Gasteiger charge is -2.22. The predicted molar refractivity (Wildman–Crippen MR) is 79.8 cm³/mol. The van der Waals surface area contributed by atoms with Gasteiger partial charge in [-0.15, -0.1) is 0 Å². The smallest absolute Gasteiger partial charge is 0.235 e. The fourth-order valence-electron chi connectivity index (χ4n) is 2.13. The Bertz CT molecular complexity index is 697. The van der Waals surface area contributed by atoms with Crippen molar-refractivity contribution < 1.29 is 16.8 Å². The first-order valence-corrected chi connectivity index (χ1v) is 9.64. The molecular weight excluding hydrogens is 300 g/mol. The number of nitrogen functional groups attached to an aromatic ring is 1. The first kappa shape index (κ1) is 15.1.